The highest BCUT2D eigenvalue weighted by molar-refractivity contribution is 5.94. The Hall–Kier alpha value is -1.84. The van der Waals surface area contributed by atoms with E-state index >= 15 is 0 Å². The summed E-state index contributed by atoms with van der Waals surface area (Å²) in [6.07, 6.45) is 4.90. The van der Waals surface area contributed by atoms with E-state index in [4.69, 9.17) is 0 Å². The molecule has 2 amide bonds. The highest BCUT2D eigenvalue weighted by Crippen LogP contribution is 2.28. The summed E-state index contributed by atoms with van der Waals surface area (Å²) in [4.78, 5) is 22.5. The molecule has 1 aliphatic carbocycles. The zero-order valence-electron chi connectivity index (χ0n) is 10.5. The average Bonchev–Trinajstić information content (AvgIpc) is 2.88. The van der Waals surface area contributed by atoms with Crippen LogP contribution in [0.25, 0.3) is 0 Å². The first-order valence-corrected chi connectivity index (χ1v) is 6.33. The Balaban J connectivity index is 2.10. The average molecular weight is 246 g/mol. The van der Waals surface area contributed by atoms with Gasteiger partial charge in [0.15, 0.2) is 0 Å². The number of carbonyl (C=O) groups is 2. The van der Waals surface area contributed by atoms with Crippen LogP contribution in [-0.4, -0.2) is 12.3 Å². The lowest BCUT2D eigenvalue weighted by Crippen LogP contribution is -2.21. The number of hydrogen-bond acceptors (Lipinski definition) is 2. The van der Waals surface area contributed by atoms with Crippen molar-refractivity contribution in [2.45, 2.75) is 32.6 Å². The Morgan fingerprint density at radius 3 is 2.61 bits per heavy atom. The third-order valence-electron chi connectivity index (χ3n) is 3.53. The Morgan fingerprint density at radius 1 is 1.28 bits per heavy atom. The van der Waals surface area contributed by atoms with E-state index < -0.39 is 0 Å². The zero-order valence-corrected chi connectivity index (χ0v) is 10.5. The summed E-state index contributed by atoms with van der Waals surface area (Å²) in [6, 6.07) is 5.50. The van der Waals surface area contributed by atoms with Gasteiger partial charge in [-0.15, -0.1) is 0 Å². The first kappa shape index (κ1) is 12.6. The van der Waals surface area contributed by atoms with E-state index in [1.807, 2.05) is 25.1 Å². The van der Waals surface area contributed by atoms with Crippen molar-refractivity contribution in [3.05, 3.63) is 23.8 Å². The number of rotatable bonds is 4. The SMILES string of the molecule is Cc1c(NC=O)cccc1NC(=O)C1CCCC1. The second-order valence-corrected chi connectivity index (χ2v) is 4.71. The molecule has 2 N–H and O–H groups in total. The molecule has 96 valence electrons. The number of hydrogen-bond donors (Lipinski definition) is 2. The molecule has 0 aromatic heterocycles. The van der Waals surface area contributed by atoms with Gasteiger partial charge >= 0.3 is 0 Å². The van der Waals surface area contributed by atoms with Gasteiger partial charge in [-0.05, 0) is 37.5 Å². The largest absolute Gasteiger partial charge is 0.328 e. The molecule has 0 spiro atoms. The van der Waals surface area contributed by atoms with E-state index in [0.29, 0.717) is 6.41 Å². The third-order valence-corrected chi connectivity index (χ3v) is 3.53. The molecule has 2 rings (SSSR count). The summed E-state index contributed by atoms with van der Waals surface area (Å²) in [5.41, 5.74) is 2.39. The molecule has 1 fully saturated rings. The summed E-state index contributed by atoms with van der Waals surface area (Å²) in [7, 11) is 0. The molecule has 4 nitrogen and oxygen atoms in total. The molecule has 1 aromatic carbocycles. The fraction of sp³-hybridized carbons (Fsp3) is 0.429. The van der Waals surface area contributed by atoms with Crippen LogP contribution in [0.3, 0.4) is 0 Å². The maximum Gasteiger partial charge on any atom is 0.227 e. The van der Waals surface area contributed by atoms with Crippen molar-refractivity contribution in [1.82, 2.24) is 0 Å². The van der Waals surface area contributed by atoms with Crippen LogP contribution in [0.1, 0.15) is 31.2 Å². The molecule has 1 saturated carbocycles. The van der Waals surface area contributed by atoms with Crippen LogP contribution in [0.5, 0.6) is 0 Å². The topological polar surface area (TPSA) is 58.2 Å². The Labute approximate surface area is 107 Å². The summed E-state index contributed by atoms with van der Waals surface area (Å²) < 4.78 is 0. The van der Waals surface area contributed by atoms with Gasteiger partial charge in [-0.1, -0.05) is 18.9 Å². The second-order valence-electron chi connectivity index (χ2n) is 4.71. The van der Waals surface area contributed by atoms with Gasteiger partial charge in [-0.25, -0.2) is 0 Å². The van der Waals surface area contributed by atoms with Crippen LogP contribution in [0.4, 0.5) is 11.4 Å². The Morgan fingerprint density at radius 2 is 1.94 bits per heavy atom. The standard InChI is InChI=1S/C14H18N2O2/c1-10-12(15-9-17)7-4-8-13(10)16-14(18)11-5-2-3-6-11/h4,7-9,11H,2-3,5-6H2,1H3,(H,15,17)(H,16,18). The van der Waals surface area contributed by atoms with Crippen LogP contribution < -0.4 is 10.6 Å². The minimum absolute atomic E-state index is 0.0962. The lowest BCUT2D eigenvalue weighted by Gasteiger charge is -2.14. The van der Waals surface area contributed by atoms with Crippen molar-refractivity contribution in [2.75, 3.05) is 10.6 Å². The minimum atomic E-state index is 0.0962. The van der Waals surface area contributed by atoms with Crippen molar-refractivity contribution in [3.63, 3.8) is 0 Å². The summed E-state index contributed by atoms with van der Waals surface area (Å²) in [5.74, 6) is 0.242. The smallest absolute Gasteiger partial charge is 0.227 e. The molecule has 1 aliphatic rings. The molecule has 0 radical (unpaired) electrons. The number of carbonyl (C=O) groups excluding carboxylic acids is 2. The van der Waals surface area contributed by atoms with E-state index in [2.05, 4.69) is 10.6 Å². The van der Waals surface area contributed by atoms with Crippen LogP contribution in [0.15, 0.2) is 18.2 Å². The van der Waals surface area contributed by atoms with E-state index in [1.165, 1.54) is 0 Å². The van der Waals surface area contributed by atoms with Gasteiger partial charge < -0.3 is 10.6 Å². The number of amides is 2. The highest BCUT2D eigenvalue weighted by atomic mass is 16.2. The normalized spacial score (nSPS) is 15.4. The van der Waals surface area contributed by atoms with Gasteiger partial charge in [0.05, 0.1) is 0 Å². The van der Waals surface area contributed by atoms with Gasteiger partial charge in [-0.2, -0.15) is 0 Å². The van der Waals surface area contributed by atoms with Gasteiger partial charge in [0.25, 0.3) is 0 Å². The predicted octanol–water partition coefficient (Wildman–Crippen LogP) is 2.69. The van der Waals surface area contributed by atoms with Crippen molar-refractivity contribution in [3.8, 4) is 0 Å². The third kappa shape index (κ3) is 2.70. The molecule has 0 heterocycles. The molecular weight excluding hydrogens is 228 g/mol. The summed E-state index contributed by atoms with van der Waals surface area (Å²) in [6.45, 7) is 1.89. The molecular formula is C14H18N2O2. The molecule has 0 saturated heterocycles. The van der Waals surface area contributed by atoms with Crippen molar-refractivity contribution >= 4 is 23.7 Å². The molecule has 18 heavy (non-hydrogen) atoms. The van der Waals surface area contributed by atoms with Crippen LogP contribution in [0, 0.1) is 12.8 Å². The van der Waals surface area contributed by atoms with Gasteiger partial charge in [-0.3, -0.25) is 9.59 Å². The molecule has 0 unspecified atom stereocenters. The Bertz CT molecular complexity index is 451. The fourth-order valence-corrected chi connectivity index (χ4v) is 2.41. The highest BCUT2D eigenvalue weighted by Gasteiger charge is 2.23. The van der Waals surface area contributed by atoms with Gasteiger partial charge in [0.1, 0.15) is 0 Å². The molecule has 0 bridgehead atoms. The fourth-order valence-electron chi connectivity index (χ4n) is 2.41. The van der Waals surface area contributed by atoms with Crippen LogP contribution >= 0.6 is 0 Å². The lowest BCUT2D eigenvalue weighted by atomic mass is 10.1. The Kier molecular flexibility index (Phi) is 3.97. The second kappa shape index (κ2) is 5.67. The van der Waals surface area contributed by atoms with E-state index in [9.17, 15) is 9.59 Å². The predicted molar refractivity (Wildman–Crippen MR) is 71.5 cm³/mol. The minimum Gasteiger partial charge on any atom is -0.328 e. The van der Waals surface area contributed by atoms with Gasteiger partial charge in [0.2, 0.25) is 12.3 Å². The maximum atomic E-state index is 12.0. The summed E-state index contributed by atoms with van der Waals surface area (Å²) >= 11 is 0. The first-order valence-electron chi connectivity index (χ1n) is 6.33. The van der Waals surface area contributed by atoms with E-state index in [-0.39, 0.29) is 11.8 Å². The molecule has 0 aliphatic heterocycles. The number of benzene rings is 1. The lowest BCUT2D eigenvalue weighted by molar-refractivity contribution is -0.119. The zero-order chi connectivity index (χ0) is 13.0. The summed E-state index contributed by atoms with van der Waals surface area (Å²) in [5, 5.41) is 5.58. The molecule has 0 atom stereocenters. The van der Waals surface area contributed by atoms with Crippen molar-refractivity contribution < 1.29 is 9.59 Å². The first-order chi connectivity index (χ1) is 8.72. The van der Waals surface area contributed by atoms with Gasteiger partial charge in [0, 0.05) is 17.3 Å². The quantitative estimate of drug-likeness (QED) is 0.802. The monoisotopic (exact) mass is 246 g/mol. The van der Waals surface area contributed by atoms with Crippen LogP contribution in [0.2, 0.25) is 0 Å². The van der Waals surface area contributed by atoms with Crippen molar-refractivity contribution in [1.29, 1.82) is 0 Å². The van der Waals surface area contributed by atoms with E-state index in [1.54, 1.807) is 0 Å². The number of anilines is 2. The molecule has 4 heteroatoms. The van der Waals surface area contributed by atoms with E-state index in [0.717, 1.165) is 42.6 Å². The van der Waals surface area contributed by atoms with Crippen molar-refractivity contribution in [2.24, 2.45) is 5.92 Å². The molecule has 1 aromatic rings. The number of nitrogens with one attached hydrogen (secondary N) is 2. The maximum absolute atomic E-state index is 12.0. The van der Waals surface area contributed by atoms with Crippen LogP contribution in [-0.2, 0) is 9.59 Å².